The van der Waals surface area contributed by atoms with E-state index in [0.29, 0.717) is 37.3 Å². The molecule has 3 fully saturated rings. The third kappa shape index (κ3) is 6.85. The van der Waals surface area contributed by atoms with E-state index in [9.17, 15) is 24.3 Å². The molecule has 6 rings (SSSR count). The summed E-state index contributed by atoms with van der Waals surface area (Å²) in [6.07, 6.45) is 5.12. The summed E-state index contributed by atoms with van der Waals surface area (Å²) in [7, 11) is 3.89. The third-order valence-corrected chi connectivity index (χ3v) is 11.8. The van der Waals surface area contributed by atoms with Gasteiger partial charge in [-0.05, 0) is 55.7 Å². The van der Waals surface area contributed by atoms with Crippen molar-refractivity contribution in [1.29, 1.82) is 0 Å². The highest BCUT2D eigenvalue weighted by Crippen LogP contribution is 2.67. The van der Waals surface area contributed by atoms with Crippen LogP contribution in [0.2, 0.25) is 0 Å². The standard InChI is InChI=1S/C36H52N8O7/c1-21-11-12-36(49)27-18-24-9-10-26(30-29(24)35(36,31(21)51-30)13-17-44(27,4)20-23-7-8-23)50-34(48)43(3)16-15-39-32(47)25(6-5-14-40-33(37)38)42-28(46)19-41-22(2)45/h9-10,23,25,27,31,49H,1,5-8,11-20H2,2-4H3,(H6-,37,38,39,40,41,42,45,46,47)/p+2/t25-,27+,31-,35-,36+,44?/m0/s1. The fourth-order valence-corrected chi connectivity index (χ4v) is 9.13. The van der Waals surface area contributed by atoms with Crippen LogP contribution in [0.3, 0.4) is 0 Å². The quantitative estimate of drug-likeness (QED) is 0.0383. The highest BCUT2D eigenvalue weighted by molar-refractivity contribution is 5.89. The Bertz CT molecular complexity index is 1630. The minimum absolute atomic E-state index is 0.0509. The van der Waals surface area contributed by atoms with Crippen LogP contribution in [-0.4, -0.2) is 121 Å². The Morgan fingerprint density at radius 2 is 1.98 bits per heavy atom. The van der Waals surface area contributed by atoms with Gasteiger partial charge in [0.1, 0.15) is 23.8 Å². The molecule has 2 heterocycles. The van der Waals surface area contributed by atoms with Crippen molar-refractivity contribution in [3.63, 3.8) is 0 Å². The van der Waals surface area contributed by atoms with Crippen LogP contribution in [-0.2, 0) is 26.2 Å². The highest BCUT2D eigenvalue weighted by Gasteiger charge is 2.75. The number of amides is 4. The normalized spacial score (nSPS) is 28.7. The number of ether oxygens (including phenoxy) is 2. The van der Waals surface area contributed by atoms with Crippen LogP contribution in [0, 0.1) is 5.92 Å². The van der Waals surface area contributed by atoms with Crippen LogP contribution in [0.1, 0.15) is 63.0 Å². The molecule has 3 aliphatic carbocycles. The van der Waals surface area contributed by atoms with Gasteiger partial charge >= 0.3 is 12.1 Å². The second-order valence-electron chi connectivity index (χ2n) is 15.4. The molecule has 0 radical (unpaired) electrons. The molecule has 51 heavy (non-hydrogen) atoms. The number of nitrogens with two attached hydrogens (primary N) is 2. The van der Waals surface area contributed by atoms with Gasteiger partial charge in [-0.1, -0.05) is 12.6 Å². The molecule has 1 aromatic rings. The number of rotatable bonds is 14. The van der Waals surface area contributed by atoms with Crippen molar-refractivity contribution in [2.75, 3.05) is 53.4 Å². The monoisotopic (exact) mass is 710 g/mol. The summed E-state index contributed by atoms with van der Waals surface area (Å²) >= 11 is 0. The Morgan fingerprint density at radius 3 is 2.69 bits per heavy atom. The van der Waals surface area contributed by atoms with Gasteiger partial charge in [-0.25, -0.2) is 4.79 Å². The summed E-state index contributed by atoms with van der Waals surface area (Å²) in [6, 6.07) is 3.00. The predicted molar refractivity (Wildman–Crippen MR) is 187 cm³/mol. The molecule has 2 aliphatic heterocycles. The van der Waals surface area contributed by atoms with Crippen LogP contribution in [0.15, 0.2) is 24.3 Å². The first-order valence-corrected chi connectivity index (χ1v) is 18.1. The molecule has 2 bridgehead atoms. The van der Waals surface area contributed by atoms with E-state index in [1.807, 2.05) is 6.07 Å². The molecule has 9 N–H and O–H groups in total. The zero-order valence-electron chi connectivity index (χ0n) is 30.0. The molecule has 15 nitrogen and oxygen atoms in total. The average molecular weight is 711 g/mol. The maximum absolute atomic E-state index is 13.4. The Hall–Kier alpha value is -4.37. The molecule has 278 valence electrons. The van der Waals surface area contributed by atoms with Crippen LogP contribution >= 0.6 is 0 Å². The van der Waals surface area contributed by atoms with Crippen LogP contribution in [0.5, 0.6) is 11.5 Å². The first-order chi connectivity index (χ1) is 24.2. The van der Waals surface area contributed by atoms with E-state index in [0.717, 1.165) is 53.0 Å². The lowest BCUT2D eigenvalue weighted by molar-refractivity contribution is -0.950. The first kappa shape index (κ1) is 36.4. The number of quaternary nitrogens is 1. The predicted octanol–water partition coefficient (Wildman–Crippen LogP) is -1.75. The van der Waals surface area contributed by atoms with Crippen LogP contribution in [0.25, 0.3) is 0 Å². The van der Waals surface area contributed by atoms with E-state index in [-0.39, 0.29) is 50.1 Å². The molecule has 1 spiro atoms. The topological polar surface area (TPSA) is 212 Å². The molecular weight excluding hydrogens is 656 g/mol. The Kier molecular flexibility index (Phi) is 9.98. The minimum Gasteiger partial charge on any atom is -0.481 e. The Morgan fingerprint density at radius 1 is 1.22 bits per heavy atom. The number of benzene rings is 1. The number of guanidine groups is 1. The number of nitrogens with zero attached hydrogens (tertiary/aromatic N) is 2. The summed E-state index contributed by atoms with van der Waals surface area (Å²) in [5.74, 6) is 0.286. The molecule has 2 saturated carbocycles. The zero-order valence-corrected chi connectivity index (χ0v) is 30.0. The molecule has 1 saturated heterocycles. The molecule has 5 aliphatic rings. The van der Waals surface area contributed by atoms with Crippen LogP contribution in [0.4, 0.5) is 4.79 Å². The second-order valence-corrected chi connectivity index (χ2v) is 15.4. The fraction of sp³-hybridized carbons (Fsp3) is 0.639. The van der Waals surface area contributed by atoms with Crippen molar-refractivity contribution in [3.8, 4) is 11.5 Å². The van der Waals surface area contributed by atoms with E-state index in [4.69, 9.17) is 20.9 Å². The van der Waals surface area contributed by atoms with Gasteiger partial charge in [0.15, 0.2) is 11.5 Å². The van der Waals surface area contributed by atoms with Crippen molar-refractivity contribution in [1.82, 2.24) is 20.9 Å². The Balaban J connectivity index is 1.11. The first-order valence-electron chi connectivity index (χ1n) is 18.1. The minimum atomic E-state index is -0.954. The zero-order chi connectivity index (χ0) is 36.7. The smallest absolute Gasteiger partial charge is 0.415 e. The van der Waals surface area contributed by atoms with Crippen molar-refractivity contribution >= 4 is 29.8 Å². The Labute approximate surface area is 298 Å². The van der Waals surface area contributed by atoms with Gasteiger partial charge in [-0.15, -0.1) is 0 Å². The van der Waals surface area contributed by atoms with E-state index >= 15 is 0 Å². The number of piperidine rings is 1. The molecular formula is C36H54N8O7+2. The number of nitrogens with one attached hydrogen (secondary N) is 4. The number of likely N-dealkylation sites (N-methyl/N-ethyl adjacent to an activating group) is 2. The number of hydrogen-bond donors (Lipinski definition) is 7. The van der Waals surface area contributed by atoms with Crippen molar-refractivity contribution in [2.24, 2.45) is 17.4 Å². The van der Waals surface area contributed by atoms with E-state index < -0.39 is 35.0 Å². The number of likely N-dealkylation sites (tertiary alicyclic amines) is 1. The van der Waals surface area contributed by atoms with Gasteiger partial charge in [0.2, 0.25) is 17.7 Å². The lowest BCUT2D eigenvalue weighted by Crippen LogP contribution is -2.80. The molecule has 0 aromatic heterocycles. The van der Waals surface area contributed by atoms with Gasteiger partial charge < -0.3 is 39.9 Å². The average Bonchev–Trinajstić information content (AvgIpc) is 3.81. The van der Waals surface area contributed by atoms with E-state index in [1.54, 1.807) is 13.1 Å². The molecule has 6 atom stereocenters. The lowest BCUT2D eigenvalue weighted by Gasteiger charge is -2.65. The van der Waals surface area contributed by atoms with Gasteiger partial charge in [0.05, 0.1) is 38.6 Å². The maximum Gasteiger partial charge on any atom is 0.415 e. The largest absolute Gasteiger partial charge is 0.481 e. The molecule has 1 unspecified atom stereocenters. The summed E-state index contributed by atoms with van der Waals surface area (Å²) in [5, 5.41) is 20.6. The van der Waals surface area contributed by atoms with E-state index in [2.05, 4.69) is 34.6 Å². The number of hydrogen-bond acceptors (Lipinski definition) is 7. The number of aliphatic hydroxyl groups is 1. The van der Waals surface area contributed by atoms with Gasteiger partial charge in [-0.2, -0.15) is 0 Å². The fourth-order valence-electron chi connectivity index (χ4n) is 9.13. The summed E-state index contributed by atoms with van der Waals surface area (Å²) in [4.78, 5) is 54.1. The SMILES string of the molecule is C=C1CC[C@@]2(O)[C@H]3Cc4ccc(OC(=O)N(C)CCNC(=O)[C@H](CCC[NH+]=C(N)N)NC(=O)CNC(C)=O)c5c4[C@@]2(CC[N+]3(C)CC2CC2)[C@H]1O5. The number of carbonyl (C=O) groups is 4. The molecule has 4 amide bonds. The highest BCUT2D eigenvalue weighted by atomic mass is 16.6. The second kappa shape index (κ2) is 14.0. The summed E-state index contributed by atoms with van der Waals surface area (Å²) in [6.45, 7) is 8.07. The van der Waals surface area contributed by atoms with Crippen molar-refractivity contribution in [3.05, 3.63) is 35.4 Å². The van der Waals surface area contributed by atoms with Crippen molar-refractivity contribution < 1.29 is 43.2 Å². The maximum atomic E-state index is 13.4. The van der Waals surface area contributed by atoms with Gasteiger partial charge in [0.25, 0.3) is 0 Å². The summed E-state index contributed by atoms with van der Waals surface area (Å²) < 4.78 is 13.5. The number of carbonyl (C=O) groups excluding carboxylic acids is 4. The van der Waals surface area contributed by atoms with Crippen molar-refractivity contribution in [2.45, 2.75) is 87.5 Å². The lowest BCUT2D eigenvalue weighted by atomic mass is 9.48. The van der Waals surface area contributed by atoms with E-state index in [1.165, 1.54) is 24.7 Å². The van der Waals surface area contributed by atoms with Gasteiger partial charge in [0, 0.05) is 51.4 Å². The third-order valence-electron chi connectivity index (χ3n) is 11.8. The van der Waals surface area contributed by atoms with Gasteiger partial charge in [-0.3, -0.25) is 30.8 Å². The molecule has 1 aromatic carbocycles. The summed E-state index contributed by atoms with van der Waals surface area (Å²) in [5.41, 5.74) is 12.4. The molecule has 15 heteroatoms. The van der Waals surface area contributed by atoms with Crippen LogP contribution < -0.4 is 41.9 Å².